The molecule has 0 saturated carbocycles. The van der Waals surface area contributed by atoms with Gasteiger partial charge >= 0.3 is 5.97 Å². The number of likely N-dealkylation sites (tertiary alicyclic amines) is 1. The zero-order valence-corrected chi connectivity index (χ0v) is 18.4. The van der Waals surface area contributed by atoms with Gasteiger partial charge in [-0.1, -0.05) is 26.2 Å². The van der Waals surface area contributed by atoms with Crippen LogP contribution >= 0.6 is 0 Å². The molecule has 0 aliphatic carbocycles. The largest absolute Gasteiger partial charge is 0.462 e. The lowest BCUT2D eigenvalue weighted by atomic mass is 10.0. The Morgan fingerprint density at radius 1 is 1.27 bits per heavy atom. The molecule has 0 unspecified atom stereocenters. The van der Waals surface area contributed by atoms with Gasteiger partial charge in [0.05, 0.1) is 42.4 Å². The highest BCUT2D eigenvalue weighted by Crippen LogP contribution is 2.25. The van der Waals surface area contributed by atoms with Gasteiger partial charge in [0.15, 0.2) is 0 Å². The molecule has 0 amide bonds. The predicted octanol–water partition coefficient (Wildman–Crippen LogP) is 4.55. The van der Waals surface area contributed by atoms with Crippen LogP contribution < -0.4 is 0 Å². The van der Waals surface area contributed by atoms with Crippen molar-refractivity contribution in [3.63, 3.8) is 0 Å². The Balaban J connectivity index is 1.57. The van der Waals surface area contributed by atoms with Crippen molar-refractivity contribution < 1.29 is 14.3 Å². The first kappa shape index (κ1) is 21.3. The standard InChI is InChI=1S/C24H35N3O3/c1-3-4-7-13-30-24(28)19-9-10-21-22(15-19)27(16-20-11-14-29-20)23(25-21)17-26-12-6-5-8-18(26)2/h9-10,15,18,20H,3-8,11-14,16-17H2,1-2H3/t18-,20-/m0/s1. The maximum Gasteiger partial charge on any atom is 0.338 e. The van der Waals surface area contributed by atoms with Crippen molar-refractivity contribution in [3.8, 4) is 0 Å². The third-order valence-corrected chi connectivity index (χ3v) is 6.51. The first-order chi connectivity index (χ1) is 14.7. The summed E-state index contributed by atoms with van der Waals surface area (Å²) in [6.45, 7) is 8.55. The third kappa shape index (κ3) is 4.86. The zero-order valence-electron chi connectivity index (χ0n) is 18.4. The molecule has 2 saturated heterocycles. The normalized spacial score (nSPS) is 22.2. The molecule has 2 aromatic rings. The van der Waals surface area contributed by atoms with Gasteiger partial charge in [-0.15, -0.1) is 0 Å². The van der Waals surface area contributed by atoms with Gasteiger partial charge in [-0.05, 0) is 57.4 Å². The molecule has 0 bridgehead atoms. The van der Waals surface area contributed by atoms with Crippen molar-refractivity contribution in [1.29, 1.82) is 0 Å². The van der Waals surface area contributed by atoms with Crippen LogP contribution in [-0.2, 0) is 22.6 Å². The quantitative estimate of drug-likeness (QED) is 0.446. The first-order valence-electron chi connectivity index (χ1n) is 11.7. The summed E-state index contributed by atoms with van der Waals surface area (Å²) in [5, 5.41) is 0. The number of unbranched alkanes of at least 4 members (excludes halogenated alkanes) is 2. The number of ether oxygens (including phenoxy) is 2. The van der Waals surface area contributed by atoms with Gasteiger partial charge in [0.2, 0.25) is 0 Å². The van der Waals surface area contributed by atoms with Gasteiger partial charge in [0, 0.05) is 12.6 Å². The highest BCUT2D eigenvalue weighted by atomic mass is 16.5. The predicted molar refractivity (Wildman–Crippen MR) is 118 cm³/mol. The van der Waals surface area contributed by atoms with Crippen LogP contribution in [0.3, 0.4) is 0 Å². The molecule has 6 heteroatoms. The first-order valence-corrected chi connectivity index (χ1v) is 11.7. The summed E-state index contributed by atoms with van der Waals surface area (Å²) in [7, 11) is 0. The molecule has 164 valence electrons. The number of carbonyl (C=O) groups excluding carboxylic acids is 1. The number of piperidine rings is 1. The van der Waals surface area contributed by atoms with Gasteiger partial charge in [-0.2, -0.15) is 0 Å². The maximum absolute atomic E-state index is 12.5. The van der Waals surface area contributed by atoms with Crippen molar-refractivity contribution in [2.45, 2.75) is 84.0 Å². The molecular weight excluding hydrogens is 378 g/mol. The number of esters is 1. The van der Waals surface area contributed by atoms with E-state index >= 15 is 0 Å². The highest BCUT2D eigenvalue weighted by Gasteiger charge is 2.25. The summed E-state index contributed by atoms with van der Waals surface area (Å²) in [6, 6.07) is 6.33. The Labute approximate surface area is 179 Å². The van der Waals surface area contributed by atoms with E-state index in [4.69, 9.17) is 14.5 Å². The van der Waals surface area contributed by atoms with E-state index in [1.165, 1.54) is 19.3 Å². The van der Waals surface area contributed by atoms with Gasteiger partial charge in [-0.3, -0.25) is 4.90 Å². The number of hydrogen-bond donors (Lipinski definition) is 0. The number of imidazole rings is 1. The van der Waals surface area contributed by atoms with Crippen molar-refractivity contribution >= 4 is 17.0 Å². The van der Waals surface area contributed by atoms with Crippen molar-refractivity contribution in [3.05, 3.63) is 29.6 Å². The number of carbonyl (C=O) groups is 1. The fourth-order valence-corrected chi connectivity index (χ4v) is 4.43. The number of hydrogen-bond acceptors (Lipinski definition) is 5. The monoisotopic (exact) mass is 413 g/mol. The number of rotatable bonds is 9. The van der Waals surface area contributed by atoms with E-state index in [1.54, 1.807) is 0 Å². The molecule has 3 heterocycles. The van der Waals surface area contributed by atoms with Crippen LogP contribution in [0.2, 0.25) is 0 Å². The van der Waals surface area contributed by atoms with Gasteiger partial charge in [0.1, 0.15) is 5.82 Å². The summed E-state index contributed by atoms with van der Waals surface area (Å²) < 4.78 is 13.5. The van der Waals surface area contributed by atoms with Crippen LogP contribution in [0.1, 0.15) is 75.0 Å². The third-order valence-electron chi connectivity index (χ3n) is 6.51. The van der Waals surface area contributed by atoms with Gasteiger partial charge < -0.3 is 14.0 Å². The van der Waals surface area contributed by atoms with Gasteiger partial charge in [-0.25, -0.2) is 9.78 Å². The molecule has 1 aromatic heterocycles. The van der Waals surface area contributed by atoms with Crippen molar-refractivity contribution in [2.24, 2.45) is 0 Å². The van der Waals surface area contributed by atoms with Gasteiger partial charge in [0.25, 0.3) is 0 Å². The summed E-state index contributed by atoms with van der Waals surface area (Å²) in [5.41, 5.74) is 2.55. The minimum Gasteiger partial charge on any atom is -0.462 e. The Kier molecular flexibility index (Phi) is 7.05. The van der Waals surface area contributed by atoms with E-state index in [1.807, 2.05) is 18.2 Å². The Bertz CT molecular complexity index is 859. The fraction of sp³-hybridized carbons (Fsp3) is 0.667. The smallest absolute Gasteiger partial charge is 0.338 e. The number of aromatic nitrogens is 2. The van der Waals surface area contributed by atoms with E-state index in [2.05, 4.69) is 23.3 Å². The molecule has 30 heavy (non-hydrogen) atoms. The van der Waals surface area contributed by atoms with Crippen molar-refractivity contribution in [2.75, 3.05) is 19.8 Å². The molecule has 4 rings (SSSR count). The maximum atomic E-state index is 12.5. The minimum absolute atomic E-state index is 0.240. The highest BCUT2D eigenvalue weighted by molar-refractivity contribution is 5.93. The average molecular weight is 414 g/mol. The summed E-state index contributed by atoms with van der Waals surface area (Å²) in [6.07, 6.45) is 8.25. The van der Waals surface area contributed by atoms with E-state index < -0.39 is 0 Å². The van der Waals surface area contributed by atoms with E-state index in [9.17, 15) is 4.79 Å². The van der Waals surface area contributed by atoms with E-state index in [0.29, 0.717) is 18.2 Å². The second kappa shape index (κ2) is 9.92. The molecule has 0 radical (unpaired) electrons. The van der Waals surface area contributed by atoms with Crippen LogP contribution in [-0.4, -0.2) is 52.3 Å². The summed E-state index contributed by atoms with van der Waals surface area (Å²) in [4.78, 5) is 20.0. The molecule has 0 N–H and O–H groups in total. The van der Waals surface area contributed by atoms with Crippen molar-refractivity contribution in [1.82, 2.24) is 14.5 Å². The lowest BCUT2D eigenvalue weighted by molar-refractivity contribution is -0.0592. The molecular formula is C24H35N3O3. The number of fused-ring (bicyclic) bond motifs is 1. The summed E-state index contributed by atoms with van der Waals surface area (Å²) in [5.74, 6) is 0.828. The molecule has 2 aliphatic rings. The Hall–Kier alpha value is -1.92. The van der Waals surface area contributed by atoms with E-state index in [-0.39, 0.29) is 12.1 Å². The zero-order chi connectivity index (χ0) is 20.9. The van der Waals surface area contributed by atoms with Crippen LogP contribution in [0.4, 0.5) is 0 Å². The molecule has 2 fully saturated rings. The Morgan fingerprint density at radius 2 is 2.13 bits per heavy atom. The van der Waals surface area contributed by atoms with Crippen LogP contribution in [0.15, 0.2) is 18.2 Å². The fourth-order valence-electron chi connectivity index (χ4n) is 4.43. The van der Waals surface area contributed by atoms with E-state index in [0.717, 1.165) is 68.8 Å². The Morgan fingerprint density at radius 3 is 2.87 bits per heavy atom. The van der Waals surface area contributed by atoms with Crippen LogP contribution in [0, 0.1) is 0 Å². The lowest BCUT2D eigenvalue weighted by Gasteiger charge is -2.33. The molecule has 6 nitrogen and oxygen atoms in total. The summed E-state index contributed by atoms with van der Waals surface area (Å²) >= 11 is 0. The minimum atomic E-state index is -0.244. The second-order valence-electron chi connectivity index (χ2n) is 8.78. The average Bonchev–Trinajstić information content (AvgIpc) is 3.05. The van der Waals surface area contributed by atoms with Crippen LogP contribution in [0.25, 0.3) is 11.0 Å². The molecule has 2 aliphatic heterocycles. The lowest BCUT2D eigenvalue weighted by Crippen LogP contribution is -2.38. The van der Waals surface area contributed by atoms with Crippen LogP contribution in [0.5, 0.6) is 0 Å². The molecule has 2 atom stereocenters. The SMILES string of the molecule is CCCCCOC(=O)c1ccc2nc(CN3CCCC[C@@H]3C)n(C[C@@H]3CCO3)c2c1. The number of nitrogens with zero attached hydrogens (tertiary/aromatic N) is 3. The molecule has 0 spiro atoms. The molecule has 1 aromatic carbocycles. The topological polar surface area (TPSA) is 56.6 Å². The number of benzene rings is 1. The second-order valence-corrected chi connectivity index (χ2v) is 8.78.